The second-order valence-corrected chi connectivity index (χ2v) is 6.43. The molecule has 0 radical (unpaired) electrons. The third kappa shape index (κ3) is 2.70. The van der Waals surface area contributed by atoms with Crippen molar-refractivity contribution < 1.29 is 14.3 Å². The Kier molecular flexibility index (Phi) is 3.76. The largest absolute Gasteiger partial charge is 0.346 e. The highest BCUT2D eigenvalue weighted by Gasteiger charge is 2.44. The van der Waals surface area contributed by atoms with E-state index < -0.39 is 11.2 Å². The average molecular weight is 289 g/mol. The molecule has 1 amide bonds. The number of hydrogen-bond acceptors (Lipinski definition) is 3. The van der Waals surface area contributed by atoms with Gasteiger partial charge in [0.05, 0.1) is 25.2 Å². The van der Waals surface area contributed by atoms with Crippen LogP contribution in [0.15, 0.2) is 30.3 Å². The molecule has 0 N–H and O–H groups in total. The van der Waals surface area contributed by atoms with Gasteiger partial charge in [-0.05, 0) is 25.8 Å². The molecule has 1 aromatic rings. The number of ether oxygens (including phenoxy) is 2. The van der Waals surface area contributed by atoms with Crippen LogP contribution in [0.3, 0.4) is 0 Å². The van der Waals surface area contributed by atoms with E-state index in [1.165, 1.54) is 0 Å². The molecule has 0 bridgehead atoms. The van der Waals surface area contributed by atoms with Gasteiger partial charge < -0.3 is 14.4 Å². The molecule has 0 aromatic heterocycles. The van der Waals surface area contributed by atoms with E-state index >= 15 is 0 Å². The number of carbonyl (C=O) groups is 1. The van der Waals surface area contributed by atoms with E-state index in [-0.39, 0.29) is 5.91 Å². The van der Waals surface area contributed by atoms with Crippen molar-refractivity contribution in [2.45, 2.75) is 37.9 Å². The van der Waals surface area contributed by atoms with E-state index in [1.807, 2.05) is 49.1 Å². The second kappa shape index (κ2) is 5.43. The van der Waals surface area contributed by atoms with Crippen LogP contribution in [-0.2, 0) is 19.7 Å². The number of likely N-dealkylation sites (tertiary alicyclic amines) is 1. The predicted molar refractivity (Wildman–Crippen MR) is 79.9 cm³/mol. The Balaban J connectivity index is 1.78. The average Bonchev–Trinajstić information content (AvgIpc) is 2.95. The normalized spacial score (nSPS) is 21.7. The summed E-state index contributed by atoms with van der Waals surface area (Å²) in [6.07, 6.45) is 1.80. The van der Waals surface area contributed by atoms with E-state index in [9.17, 15) is 4.79 Å². The van der Waals surface area contributed by atoms with Crippen molar-refractivity contribution in [3.63, 3.8) is 0 Å². The molecule has 1 spiro atoms. The monoisotopic (exact) mass is 289 g/mol. The maximum Gasteiger partial charge on any atom is 0.232 e. The fourth-order valence-electron chi connectivity index (χ4n) is 3.27. The first-order chi connectivity index (χ1) is 10.0. The maximum absolute atomic E-state index is 13.0. The van der Waals surface area contributed by atoms with E-state index in [4.69, 9.17) is 9.47 Å². The van der Waals surface area contributed by atoms with E-state index in [0.29, 0.717) is 19.8 Å². The third-order valence-electron chi connectivity index (χ3n) is 4.55. The lowest BCUT2D eigenvalue weighted by atomic mass is 9.82. The van der Waals surface area contributed by atoms with Gasteiger partial charge in [-0.2, -0.15) is 0 Å². The predicted octanol–water partition coefficient (Wildman–Crippen LogP) is 2.33. The minimum Gasteiger partial charge on any atom is -0.346 e. The SMILES string of the molecule is CC(C)(C(=O)N1CCCC2(C1)OCCO2)c1ccccc1. The Labute approximate surface area is 126 Å². The van der Waals surface area contributed by atoms with Gasteiger partial charge in [0.15, 0.2) is 5.79 Å². The fraction of sp³-hybridized carbons (Fsp3) is 0.588. The van der Waals surface area contributed by atoms with Crippen molar-refractivity contribution >= 4 is 5.91 Å². The summed E-state index contributed by atoms with van der Waals surface area (Å²) < 4.78 is 11.5. The number of carbonyl (C=O) groups excluding carboxylic acids is 1. The van der Waals surface area contributed by atoms with Gasteiger partial charge in [0.1, 0.15) is 0 Å². The van der Waals surface area contributed by atoms with E-state index in [1.54, 1.807) is 0 Å². The summed E-state index contributed by atoms with van der Waals surface area (Å²) in [5.74, 6) is -0.410. The first kappa shape index (κ1) is 14.5. The van der Waals surface area contributed by atoms with Crippen molar-refractivity contribution in [2.24, 2.45) is 0 Å². The summed E-state index contributed by atoms with van der Waals surface area (Å²) in [5.41, 5.74) is 0.515. The molecular formula is C17H23NO3. The van der Waals surface area contributed by atoms with Gasteiger partial charge in [-0.1, -0.05) is 30.3 Å². The molecular weight excluding hydrogens is 266 g/mol. The third-order valence-corrected chi connectivity index (χ3v) is 4.55. The highest BCUT2D eigenvalue weighted by Crippen LogP contribution is 2.33. The first-order valence-electron chi connectivity index (χ1n) is 7.66. The zero-order valence-corrected chi connectivity index (χ0v) is 12.8. The van der Waals surface area contributed by atoms with Crippen LogP contribution in [-0.4, -0.2) is 42.9 Å². The molecule has 3 rings (SSSR count). The fourth-order valence-corrected chi connectivity index (χ4v) is 3.27. The van der Waals surface area contributed by atoms with Crippen LogP contribution in [0.1, 0.15) is 32.3 Å². The lowest BCUT2D eigenvalue weighted by Gasteiger charge is -2.41. The number of rotatable bonds is 2. The topological polar surface area (TPSA) is 38.8 Å². The van der Waals surface area contributed by atoms with Gasteiger partial charge in [-0.25, -0.2) is 0 Å². The standard InChI is InChI=1S/C17H23NO3/c1-16(2,14-7-4-3-5-8-14)15(19)18-10-6-9-17(13-18)20-11-12-21-17/h3-5,7-8H,6,9-13H2,1-2H3. The van der Waals surface area contributed by atoms with E-state index in [2.05, 4.69) is 0 Å². The van der Waals surface area contributed by atoms with Crippen LogP contribution in [0.2, 0.25) is 0 Å². The van der Waals surface area contributed by atoms with Crippen molar-refractivity contribution in [3.8, 4) is 0 Å². The summed E-state index contributed by atoms with van der Waals surface area (Å²) in [7, 11) is 0. The Morgan fingerprint density at radius 3 is 2.52 bits per heavy atom. The second-order valence-electron chi connectivity index (χ2n) is 6.43. The number of amides is 1. The van der Waals surface area contributed by atoms with Crippen LogP contribution in [0.25, 0.3) is 0 Å². The van der Waals surface area contributed by atoms with Crippen LogP contribution >= 0.6 is 0 Å². The van der Waals surface area contributed by atoms with Gasteiger partial charge in [0.25, 0.3) is 0 Å². The molecule has 21 heavy (non-hydrogen) atoms. The minimum atomic E-state index is -0.555. The summed E-state index contributed by atoms with van der Waals surface area (Å²) in [4.78, 5) is 14.9. The van der Waals surface area contributed by atoms with Gasteiger partial charge >= 0.3 is 0 Å². The summed E-state index contributed by atoms with van der Waals surface area (Å²) in [5, 5.41) is 0. The number of hydrogen-bond donors (Lipinski definition) is 0. The number of nitrogens with zero attached hydrogens (tertiary/aromatic N) is 1. The smallest absolute Gasteiger partial charge is 0.232 e. The lowest BCUT2D eigenvalue weighted by Crippen LogP contribution is -2.54. The summed E-state index contributed by atoms with van der Waals surface area (Å²) in [6.45, 7) is 6.56. The van der Waals surface area contributed by atoms with E-state index in [0.717, 1.165) is 24.9 Å². The first-order valence-corrected chi connectivity index (χ1v) is 7.66. The van der Waals surface area contributed by atoms with Crippen LogP contribution in [0, 0.1) is 0 Å². The Morgan fingerprint density at radius 2 is 1.86 bits per heavy atom. The highest BCUT2D eigenvalue weighted by atomic mass is 16.7. The minimum absolute atomic E-state index is 0.145. The molecule has 114 valence electrons. The van der Waals surface area contributed by atoms with Crippen molar-refractivity contribution in [2.75, 3.05) is 26.3 Å². The van der Waals surface area contributed by atoms with Crippen molar-refractivity contribution in [1.29, 1.82) is 0 Å². The van der Waals surface area contributed by atoms with Gasteiger partial charge in [0.2, 0.25) is 5.91 Å². The molecule has 2 aliphatic rings. The van der Waals surface area contributed by atoms with Gasteiger partial charge in [0, 0.05) is 13.0 Å². The summed E-state index contributed by atoms with van der Waals surface area (Å²) in [6, 6.07) is 9.96. The Morgan fingerprint density at radius 1 is 1.19 bits per heavy atom. The molecule has 0 aliphatic carbocycles. The molecule has 2 aliphatic heterocycles. The lowest BCUT2D eigenvalue weighted by molar-refractivity contribution is -0.194. The molecule has 4 heteroatoms. The molecule has 2 fully saturated rings. The zero-order valence-electron chi connectivity index (χ0n) is 12.8. The molecule has 2 heterocycles. The Hall–Kier alpha value is -1.39. The van der Waals surface area contributed by atoms with Crippen molar-refractivity contribution in [1.82, 2.24) is 4.90 Å². The molecule has 4 nitrogen and oxygen atoms in total. The molecule has 1 aromatic carbocycles. The van der Waals surface area contributed by atoms with Crippen molar-refractivity contribution in [3.05, 3.63) is 35.9 Å². The highest BCUT2D eigenvalue weighted by molar-refractivity contribution is 5.87. The van der Waals surface area contributed by atoms with Gasteiger partial charge in [-0.3, -0.25) is 4.79 Å². The van der Waals surface area contributed by atoms with Crippen LogP contribution in [0.5, 0.6) is 0 Å². The molecule has 0 unspecified atom stereocenters. The number of piperidine rings is 1. The van der Waals surface area contributed by atoms with Gasteiger partial charge in [-0.15, -0.1) is 0 Å². The quantitative estimate of drug-likeness (QED) is 0.839. The number of benzene rings is 1. The van der Waals surface area contributed by atoms with Crippen LogP contribution < -0.4 is 0 Å². The molecule has 0 atom stereocenters. The Bertz CT molecular complexity index is 506. The maximum atomic E-state index is 13.0. The van der Waals surface area contributed by atoms with Crippen LogP contribution in [0.4, 0.5) is 0 Å². The zero-order chi connectivity index (χ0) is 14.9. The summed E-state index contributed by atoms with van der Waals surface area (Å²) >= 11 is 0. The molecule has 0 saturated carbocycles. The molecule has 2 saturated heterocycles.